The van der Waals surface area contributed by atoms with E-state index >= 15 is 0 Å². The standard InChI is InChI=1S/C21H25N3O3S/c1-13(2)11-16-6-8-17(9-7-16)15(4)20(25)23-21(28)22-18-10-5-14(3)19(12-18)24(26)27/h5-10,12-13,15H,11H2,1-4H3,(H2,22,23,25,28). The van der Waals surface area contributed by atoms with Crippen molar-refractivity contribution in [2.24, 2.45) is 5.92 Å². The fourth-order valence-electron chi connectivity index (χ4n) is 2.83. The van der Waals surface area contributed by atoms with Crippen molar-refractivity contribution in [3.05, 3.63) is 69.3 Å². The summed E-state index contributed by atoms with van der Waals surface area (Å²) in [5.74, 6) is -0.0384. The van der Waals surface area contributed by atoms with Crippen LogP contribution in [0.25, 0.3) is 0 Å². The molecule has 6 nitrogen and oxygen atoms in total. The van der Waals surface area contributed by atoms with Gasteiger partial charge in [0, 0.05) is 17.3 Å². The third-order valence-electron chi connectivity index (χ3n) is 4.42. The zero-order chi connectivity index (χ0) is 20.8. The molecule has 0 saturated carbocycles. The molecule has 0 bridgehead atoms. The summed E-state index contributed by atoms with van der Waals surface area (Å²) in [5.41, 5.74) is 3.14. The maximum Gasteiger partial charge on any atom is 0.274 e. The summed E-state index contributed by atoms with van der Waals surface area (Å²) < 4.78 is 0. The molecule has 2 aromatic carbocycles. The quantitative estimate of drug-likeness (QED) is 0.417. The number of benzene rings is 2. The average Bonchev–Trinajstić information content (AvgIpc) is 2.62. The van der Waals surface area contributed by atoms with Crippen LogP contribution >= 0.6 is 12.2 Å². The van der Waals surface area contributed by atoms with E-state index in [1.54, 1.807) is 19.1 Å². The highest BCUT2D eigenvalue weighted by molar-refractivity contribution is 7.80. The SMILES string of the molecule is Cc1ccc(NC(=S)NC(=O)C(C)c2ccc(CC(C)C)cc2)cc1[N+](=O)[O-]. The minimum absolute atomic E-state index is 0.00557. The second-order valence-electron chi connectivity index (χ2n) is 7.26. The van der Waals surface area contributed by atoms with Gasteiger partial charge in [-0.1, -0.05) is 44.2 Å². The largest absolute Gasteiger partial charge is 0.332 e. The fourth-order valence-corrected chi connectivity index (χ4v) is 3.05. The summed E-state index contributed by atoms with van der Waals surface area (Å²) in [6.07, 6.45) is 0.998. The molecular formula is C21H25N3O3S. The van der Waals surface area contributed by atoms with Crippen LogP contribution in [0.1, 0.15) is 43.4 Å². The Kier molecular flexibility index (Phi) is 7.23. The zero-order valence-corrected chi connectivity index (χ0v) is 17.3. The van der Waals surface area contributed by atoms with Crippen LogP contribution in [0.3, 0.4) is 0 Å². The lowest BCUT2D eigenvalue weighted by molar-refractivity contribution is -0.385. The van der Waals surface area contributed by atoms with Crippen molar-refractivity contribution < 1.29 is 9.72 Å². The number of hydrogen-bond donors (Lipinski definition) is 2. The van der Waals surface area contributed by atoms with Gasteiger partial charge in [-0.15, -0.1) is 0 Å². The van der Waals surface area contributed by atoms with Gasteiger partial charge in [0.2, 0.25) is 5.91 Å². The molecule has 0 radical (unpaired) electrons. The van der Waals surface area contributed by atoms with Gasteiger partial charge < -0.3 is 10.6 Å². The Morgan fingerprint density at radius 2 is 1.79 bits per heavy atom. The molecule has 0 saturated heterocycles. The minimum Gasteiger partial charge on any atom is -0.332 e. The molecule has 2 rings (SSSR count). The van der Waals surface area contributed by atoms with E-state index in [9.17, 15) is 14.9 Å². The molecule has 2 N–H and O–H groups in total. The lowest BCUT2D eigenvalue weighted by atomic mass is 9.96. The number of nitrogens with one attached hydrogen (secondary N) is 2. The van der Waals surface area contributed by atoms with Crippen molar-refractivity contribution in [3.8, 4) is 0 Å². The van der Waals surface area contributed by atoms with Crippen LogP contribution in [0.2, 0.25) is 0 Å². The summed E-state index contributed by atoms with van der Waals surface area (Å²) in [7, 11) is 0. The number of rotatable bonds is 6. The van der Waals surface area contributed by atoms with Crippen LogP contribution in [0.5, 0.6) is 0 Å². The number of carbonyl (C=O) groups is 1. The molecule has 0 aliphatic carbocycles. The molecule has 28 heavy (non-hydrogen) atoms. The highest BCUT2D eigenvalue weighted by Gasteiger charge is 2.17. The Balaban J connectivity index is 1.99. The molecule has 0 heterocycles. The van der Waals surface area contributed by atoms with Gasteiger partial charge in [-0.05, 0) is 55.6 Å². The van der Waals surface area contributed by atoms with Gasteiger partial charge in [0.05, 0.1) is 10.8 Å². The van der Waals surface area contributed by atoms with E-state index in [0.717, 1.165) is 12.0 Å². The monoisotopic (exact) mass is 399 g/mol. The topological polar surface area (TPSA) is 84.3 Å². The fraction of sp³-hybridized carbons (Fsp3) is 0.333. The summed E-state index contributed by atoms with van der Waals surface area (Å²) >= 11 is 5.18. The Labute approximate surface area is 170 Å². The van der Waals surface area contributed by atoms with Crippen LogP contribution in [0.15, 0.2) is 42.5 Å². The smallest absolute Gasteiger partial charge is 0.274 e. The molecule has 7 heteroatoms. The van der Waals surface area contributed by atoms with Crippen molar-refractivity contribution in [2.45, 2.75) is 40.0 Å². The average molecular weight is 400 g/mol. The third kappa shape index (κ3) is 5.85. The number of hydrogen-bond acceptors (Lipinski definition) is 4. The second-order valence-corrected chi connectivity index (χ2v) is 7.67. The number of amides is 1. The first kappa shape index (κ1) is 21.5. The highest BCUT2D eigenvalue weighted by atomic mass is 32.1. The maximum atomic E-state index is 12.5. The predicted molar refractivity (Wildman–Crippen MR) is 116 cm³/mol. The normalized spacial score (nSPS) is 11.8. The number of nitro groups is 1. The van der Waals surface area contributed by atoms with Gasteiger partial charge in [0.1, 0.15) is 0 Å². The van der Waals surface area contributed by atoms with Crippen molar-refractivity contribution in [2.75, 3.05) is 5.32 Å². The highest BCUT2D eigenvalue weighted by Crippen LogP contribution is 2.22. The number of thiocarbonyl (C=S) groups is 1. The third-order valence-corrected chi connectivity index (χ3v) is 4.62. The lowest BCUT2D eigenvalue weighted by Gasteiger charge is -2.15. The number of nitro benzene ring substituents is 1. The van der Waals surface area contributed by atoms with Gasteiger partial charge in [-0.2, -0.15) is 0 Å². The van der Waals surface area contributed by atoms with Gasteiger partial charge in [-0.3, -0.25) is 14.9 Å². The molecule has 1 unspecified atom stereocenters. The number of nitrogens with zero attached hydrogens (tertiary/aromatic N) is 1. The van der Waals surface area contributed by atoms with Crippen LogP contribution in [-0.2, 0) is 11.2 Å². The maximum absolute atomic E-state index is 12.5. The predicted octanol–water partition coefficient (Wildman–Crippen LogP) is 4.72. The molecule has 0 fully saturated rings. The van der Waals surface area contributed by atoms with Gasteiger partial charge in [0.25, 0.3) is 5.69 Å². The van der Waals surface area contributed by atoms with Crippen LogP contribution in [-0.4, -0.2) is 15.9 Å². The van der Waals surface area contributed by atoms with Gasteiger partial charge >= 0.3 is 0 Å². The Morgan fingerprint density at radius 1 is 1.14 bits per heavy atom. The van der Waals surface area contributed by atoms with Gasteiger partial charge in [-0.25, -0.2) is 0 Å². The summed E-state index contributed by atoms with van der Waals surface area (Å²) in [5, 5.41) is 16.6. The van der Waals surface area contributed by atoms with Gasteiger partial charge in [0.15, 0.2) is 5.11 Å². The first-order valence-electron chi connectivity index (χ1n) is 9.13. The Morgan fingerprint density at radius 3 is 2.36 bits per heavy atom. The molecule has 0 aromatic heterocycles. The van der Waals surface area contributed by atoms with E-state index in [1.165, 1.54) is 11.6 Å². The summed E-state index contributed by atoms with van der Waals surface area (Å²) in [4.78, 5) is 23.1. The Bertz CT molecular complexity index is 879. The van der Waals surface area contributed by atoms with Crippen molar-refractivity contribution in [3.63, 3.8) is 0 Å². The lowest BCUT2D eigenvalue weighted by Crippen LogP contribution is -2.36. The van der Waals surface area contributed by atoms with E-state index in [0.29, 0.717) is 17.2 Å². The molecule has 1 amide bonds. The molecular weight excluding hydrogens is 374 g/mol. The molecule has 0 aliphatic heterocycles. The first-order chi connectivity index (χ1) is 13.2. The number of carbonyl (C=O) groups excluding carboxylic acids is 1. The van der Waals surface area contributed by atoms with Crippen molar-refractivity contribution in [1.29, 1.82) is 0 Å². The molecule has 1 atom stereocenters. The Hall–Kier alpha value is -2.80. The van der Waals surface area contributed by atoms with Crippen LogP contribution < -0.4 is 10.6 Å². The first-order valence-corrected chi connectivity index (χ1v) is 9.54. The van der Waals surface area contributed by atoms with E-state index in [-0.39, 0.29) is 22.6 Å². The van der Waals surface area contributed by atoms with E-state index in [4.69, 9.17) is 12.2 Å². The molecule has 0 aliphatic rings. The van der Waals surface area contributed by atoms with Crippen LogP contribution in [0, 0.1) is 23.0 Å². The molecule has 0 spiro atoms. The molecule has 2 aromatic rings. The van der Waals surface area contributed by atoms with Crippen LogP contribution in [0.4, 0.5) is 11.4 Å². The minimum atomic E-state index is -0.451. The number of aryl methyl sites for hydroxylation is 1. The van der Waals surface area contributed by atoms with E-state index in [1.807, 2.05) is 31.2 Å². The van der Waals surface area contributed by atoms with Crippen molar-refractivity contribution in [1.82, 2.24) is 5.32 Å². The molecule has 148 valence electrons. The second kappa shape index (κ2) is 9.41. The zero-order valence-electron chi connectivity index (χ0n) is 16.5. The summed E-state index contributed by atoms with van der Waals surface area (Å²) in [6, 6.07) is 12.7. The van der Waals surface area contributed by atoms with E-state index in [2.05, 4.69) is 24.5 Å². The van der Waals surface area contributed by atoms with E-state index < -0.39 is 4.92 Å². The van der Waals surface area contributed by atoms with Crippen molar-refractivity contribution >= 4 is 34.6 Å². The summed E-state index contributed by atoms with van der Waals surface area (Å²) in [6.45, 7) is 7.81. The number of anilines is 1.